The minimum atomic E-state index is -0.837. The summed E-state index contributed by atoms with van der Waals surface area (Å²) in [4.78, 5) is 40.7. The van der Waals surface area contributed by atoms with Gasteiger partial charge < -0.3 is 29.4 Å². The van der Waals surface area contributed by atoms with Crippen LogP contribution in [-0.4, -0.2) is 97.6 Å². The molecule has 0 unspecified atom stereocenters. The Bertz CT molecular complexity index is 1530. The number of aliphatic hydroxyl groups excluding tert-OH is 1. The standard InChI is InChI=1S/C34H45N5O8/c1-20(8-11-29-21(2)15-28(23(4)46-29)36-31(42)13-10-22(3)45-24(5)40)9-12-30-32(43)34(19-44-34)17-26(47-30)16-25(41)18-39-33-27(37-38-39)7-6-14-35-33/h6-10,12-14,21-23,26,28-30,32,43H,11,15-19H2,1-5H3,(H,36,42)/b12-9+,13-10-,20-8+/t21-,22-,23+,26+,28+,29-,30+,32+,34+/m0/s1. The number of aromatic nitrogens is 4. The summed E-state index contributed by atoms with van der Waals surface area (Å²) >= 11 is 0. The number of epoxide rings is 1. The van der Waals surface area contributed by atoms with Gasteiger partial charge in [0.1, 0.15) is 36.0 Å². The minimum Gasteiger partial charge on any atom is -0.459 e. The molecule has 3 saturated heterocycles. The van der Waals surface area contributed by atoms with E-state index >= 15 is 0 Å². The molecular weight excluding hydrogens is 606 g/mol. The molecule has 47 heavy (non-hydrogen) atoms. The quantitative estimate of drug-likeness (QED) is 0.150. The van der Waals surface area contributed by atoms with E-state index in [1.165, 1.54) is 17.7 Å². The van der Waals surface area contributed by atoms with Crippen molar-refractivity contribution in [3.8, 4) is 0 Å². The lowest BCUT2D eigenvalue weighted by Gasteiger charge is -2.39. The van der Waals surface area contributed by atoms with Gasteiger partial charge in [-0.05, 0) is 57.7 Å². The average Bonchev–Trinajstić information content (AvgIpc) is 3.68. The molecule has 3 aliphatic rings. The molecule has 0 saturated carbocycles. The predicted octanol–water partition coefficient (Wildman–Crippen LogP) is 2.77. The van der Waals surface area contributed by atoms with Crippen LogP contribution < -0.4 is 5.32 Å². The van der Waals surface area contributed by atoms with Gasteiger partial charge in [0, 0.05) is 32.0 Å². The van der Waals surface area contributed by atoms with Crippen LogP contribution in [0.25, 0.3) is 11.2 Å². The van der Waals surface area contributed by atoms with Crippen LogP contribution in [0.15, 0.2) is 54.3 Å². The first-order chi connectivity index (χ1) is 22.4. The first-order valence-corrected chi connectivity index (χ1v) is 16.2. The maximum absolute atomic E-state index is 13.0. The van der Waals surface area contributed by atoms with Gasteiger partial charge in [0.25, 0.3) is 0 Å². The number of rotatable bonds is 12. The average molecular weight is 652 g/mol. The number of esters is 1. The van der Waals surface area contributed by atoms with E-state index in [1.807, 2.05) is 26.0 Å². The summed E-state index contributed by atoms with van der Waals surface area (Å²) in [6.45, 7) is 9.53. The molecule has 2 aromatic rings. The molecule has 0 aromatic carbocycles. The Morgan fingerprint density at radius 2 is 2.02 bits per heavy atom. The van der Waals surface area contributed by atoms with Crippen molar-refractivity contribution in [2.45, 2.75) is 115 Å². The lowest BCUT2D eigenvalue weighted by atomic mass is 9.87. The summed E-state index contributed by atoms with van der Waals surface area (Å²) in [7, 11) is 0. The van der Waals surface area contributed by atoms with E-state index in [4.69, 9.17) is 18.9 Å². The number of ether oxygens (including phenoxy) is 4. The molecule has 5 rings (SSSR count). The number of hydrogen-bond donors (Lipinski definition) is 2. The number of nitrogens with zero attached hydrogens (tertiary/aromatic N) is 4. The molecule has 13 nitrogen and oxygen atoms in total. The SMILES string of the molecule is CC(=O)O[C@@H](C)/C=C\C(=O)N[C@@H]1C[C@H](C)[C@H](C/C=C(C)/C=C/[C@H]2O[C@H](CC(=O)Cn3nnc4cccnc43)C[C@@]3(CO3)[C@@H]2O)O[C@@H]1C. The van der Waals surface area contributed by atoms with E-state index < -0.39 is 36.0 Å². The third-order valence-corrected chi connectivity index (χ3v) is 8.98. The van der Waals surface area contributed by atoms with Gasteiger partial charge in [-0.3, -0.25) is 14.4 Å². The number of pyridine rings is 1. The zero-order valence-electron chi connectivity index (χ0n) is 27.6. The molecule has 0 radical (unpaired) electrons. The third-order valence-electron chi connectivity index (χ3n) is 8.98. The highest BCUT2D eigenvalue weighted by Gasteiger charge is 2.58. The minimum absolute atomic E-state index is 0.0200. The molecule has 1 amide bonds. The van der Waals surface area contributed by atoms with E-state index in [0.717, 1.165) is 12.0 Å². The topological polar surface area (TPSA) is 167 Å². The van der Waals surface area contributed by atoms with Crippen molar-refractivity contribution in [1.29, 1.82) is 0 Å². The van der Waals surface area contributed by atoms with Crippen LogP contribution in [0.5, 0.6) is 0 Å². The lowest BCUT2D eigenvalue weighted by molar-refractivity contribution is -0.145. The summed E-state index contributed by atoms with van der Waals surface area (Å²) in [6, 6.07) is 3.43. The molecule has 0 aliphatic carbocycles. The maximum atomic E-state index is 13.0. The third kappa shape index (κ3) is 8.98. The van der Waals surface area contributed by atoms with Crippen molar-refractivity contribution < 1.29 is 38.4 Å². The Hall–Kier alpha value is -3.78. The molecular formula is C34H45N5O8. The highest BCUT2D eigenvalue weighted by atomic mass is 16.6. The van der Waals surface area contributed by atoms with Gasteiger partial charge in [-0.25, -0.2) is 9.67 Å². The Morgan fingerprint density at radius 1 is 1.23 bits per heavy atom. The summed E-state index contributed by atoms with van der Waals surface area (Å²) in [5.41, 5.74) is 1.47. The number of nitrogens with one attached hydrogen (secondary N) is 1. The second kappa shape index (κ2) is 15.0. The van der Waals surface area contributed by atoms with E-state index in [-0.39, 0.29) is 48.8 Å². The highest BCUT2D eigenvalue weighted by molar-refractivity contribution is 5.87. The smallest absolute Gasteiger partial charge is 0.303 e. The Morgan fingerprint density at radius 3 is 2.77 bits per heavy atom. The van der Waals surface area contributed by atoms with Gasteiger partial charge in [-0.1, -0.05) is 35.9 Å². The van der Waals surface area contributed by atoms with Crippen LogP contribution in [0.1, 0.15) is 60.3 Å². The van der Waals surface area contributed by atoms with Gasteiger partial charge in [-0.15, -0.1) is 5.10 Å². The van der Waals surface area contributed by atoms with Crippen molar-refractivity contribution in [3.63, 3.8) is 0 Å². The number of allylic oxidation sites excluding steroid dienone is 2. The molecule has 0 bridgehead atoms. The van der Waals surface area contributed by atoms with Crippen LogP contribution in [0, 0.1) is 5.92 Å². The zero-order valence-corrected chi connectivity index (χ0v) is 27.6. The van der Waals surface area contributed by atoms with Crippen LogP contribution in [0.3, 0.4) is 0 Å². The normalized spacial score (nSPS) is 31.8. The lowest BCUT2D eigenvalue weighted by Crippen LogP contribution is -2.50. The highest BCUT2D eigenvalue weighted by Crippen LogP contribution is 2.43. The number of fused-ring (bicyclic) bond motifs is 1. The van der Waals surface area contributed by atoms with E-state index in [1.54, 1.807) is 31.3 Å². The molecule has 9 atom stereocenters. The predicted molar refractivity (Wildman–Crippen MR) is 171 cm³/mol. The van der Waals surface area contributed by atoms with Gasteiger partial charge >= 0.3 is 5.97 Å². The van der Waals surface area contributed by atoms with Crippen LogP contribution >= 0.6 is 0 Å². The molecule has 2 aromatic heterocycles. The van der Waals surface area contributed by atoms with Crippen molar-refractivity contribution in [3.05, 3.63) is 54.3 Å². The number of amides is 1. The fourth-order valence-electron chi connectivity index (χ4n) is 6.29. The number of hydrogen-bond acceptors (Lipinski definition) is 11. The second-order valence-corrected chi connectivity index (χ2v) is 13.0. The van der Waals surface area contributed by atoms with Gasteiger partial charge in [0.2, 0.25) is 5.91 Å². The largest absolute Gasteiger partial charge is 0.459 e. The van der Waals surface area contributed by atoms with Crippen molar-refractivity contribution in [2.75, 3.05) is 6.61 Å². The Kier molecular flexibility index (Phi) is 11.0. The Labute approximate surface area is 274 Å². The maximum Gasteiger partial charge on any atom is 0.303 e. The number of carbonyl (C=O) groups excluding carboxylic acids is 3. The first-order valence-electron chi connectivity index (χ1n) is 16.2. The van der Waals surface area contributed by atoms with Gasteiger partial charge in [0.15, 0.2) is 11.4 Å². The van der Waals surface area contributed by atoms with Crippen LogP contribution in [0.2, 0.25) is 0 Å². The Balaban J connectivity index is 1.11. The van der Waals surface area contributed by atoms with Crippen molar-refractivity contribution in [2.24, 2.45) is 5.92 Å². The molecule has 13 heteroatoms. The monoisotopic (exact) mass is 651 g/mol. The van der Waals surface area contributed by atoms with E-state index in [2.05, 4.69) is 33.6 Å². The number of aliphatic hydroxyl groups is 1. The van der Waals surface area contributed by atoms with Crippen molar-refractivity contribution >= 4 is 28.8 Å². The molecule has 2 N–H and O–H groups in total. The second-order valence-electron chi connectivity index (χ2n) is 13.0. The molecule has 254 valence electrons. The summed E-state index contributed by atoms with van der Waals surface area (Å²) in [5, 5.41) is 22.1. The fraction of sp³-hybridized carbons (Fsp3) is 0.588. The molecule has 3 aliphatic heterocycles. The summed E-state index contributed by atoms with van der Waals surface area (Å²) in [6.07, 6.45) is 9.93. The molecule has 3 fully saturated rings. The fourth-order valence-corrected chi connectivity index (χ4v) is 6.29. The number of Topliss-reactive ketones (excluding diaryl/α,β-unsaturated/α-hetero) is 1. The molecule has 5 heterocycles. The number of carbonyl (C=O) groups is 3. The zero-order chi connectivity index (χ0) is 33.7. The van der Waals surface area contributed by atoms with E-state index in [9.17, 15) is 19.5 Å². The number of ketones is 1. The van der Waals surface area contributed by atoms with Crippen LogP contribution in [0.4, 0.5) is 0 Å². The van der Waals surface area contributed by atoms with Gasteiger partial charge in [-0.2, -0.15) is 0 Å². The summed E-state index contributed by atoms with van der Waals surface area (Å²) < 4.78 is 24.7. The van der Waals surface area contributed by atoms with Crippen LogP contribution in [-0.2, 0) is 39.9 Å². The molecule has 1 spiro atoms. The van der Waals surface area contributed by atoms with Gasteiger partial charge in [0.05, 0.1) is 31.0 Å². The van der Waals surface area contributed by atoms with Crippen molar-refractivity contribution in [1.82, 2.24) is 25.3 Å². The van der Waals surface area contributed by atoms with E-state index in [0.29, 0.717) is 30.6 Å². The summed E-state index contributed by atoms with van der Waals surface area (Å²) in [5.74, 6) is -0.521. The first kappa shape index (κ1) is 34.6.